The smallest absolute Gasteiger partial charge is 0.281 e. The summed E-state index contributed by atoms with van der Waals surface area (Å²) in [5, 5.41) is 3.00. The van der Waals surface area contributed by atoms with Gasteiger partial charge in [-0.3, -0.25) is 4.79 Å². The molecule has 22 heavy (non-hydrogen) atoms. The molecule has 0 aliphatic carbocycles. The zero-order valence-corrected chi connectivity index (χ0v) is 13.6. The number of halogens is 2. The highest BCUT2D eigenvalue weighted by Gasteiger charge is 2.33. The van der Waals surface area contributed by atoms with Gasteiger partial charge in [-0.15, -0.1) is 0 Å². The van der Waals surface area contributed by atoms with Crippen LogP contribution in [0.4, 0.5) is 10.1 Å². The molecule has 1 heterocycles. The number of thiocarbonyl (C=S) groups is 1. The third-order valence-electron chi connectivity index (χ3n) is 3.13. The molecular weight excluding hydrogens is 367 g/mol. The number of nitrogens with zero attached hydrogens (tertiary/aromatic N) is 1. The largest absolute Gasteiger partial charge is 0.327 e. The first-order chi connectivity index (χ1) is 10.6. The van der Waals surface area contributed by atoms with Gasteiger partial charge in [0.25, 0.3) is 5.91 Å². The molecule has 1 saturated heterocycles. The second kappa shape index (κ2) is 5.98. The van der Waals surface area contributed by atoms with Crippen molar-refractivity contribution in [2.75, 3.05) is 4.90 Å². The molecular formula is C16H10BrFN2OS. The molecule has 0 aromatic heterocycles. The van der Waals surface area contributed by atoms with Crippen molar-refractivity contribution in [1.29, 1.82) is 0 Å². The van der Waals surface area contributed by atoms with E-state index in [-0.39, 0.29) is 16.7 Å². The average molecular weight is 377 g/mol. The quantitative estimate of drug-likeness (QED) is 0.638. The number of benzene rings is 2. The Morgan fingerprint density at radius 2 is 1.95 bits per heavy atom. The number of hydrogen-bond acceptors (Lipinski definition) is 2. The fourth-order valence-electron chi connectivity index (χ4n) is 2.15. The number of nitrogens with one attached hydrogen (secondary N) is 1. The molecule has 2 aromatic rings. The van der Waals surface area contributed by atoms with Crippen molar-refractivity contribution in [3.63, 3.8) is 0 Å². The van der Waals surface area contributed by atoms with E-state index < -0.39 is 5.82 Å². The van der Waals surface area contributed by atoms with Gasteiger partial charge in [-0.05, 0) is 48.1 Å². The van der Waals surface area contributed by atoms with Crippen molar-refractivity contribution in [3.05, 3.63) is 70.1 Å². The molecule has 3 nitrogen and oxygen atoms in total. The Bertz CT molecular complexity index is 806. The topological polar surface area (TPSA) is 32.3 Å². The average Bonchev–Trinajstić information content (AvgIpc) is 2.74. The normalized spacial score (nSPS) is 16.3. The lowest BCUT2D eigenvalue weighted by Crippen LogP contribution is -2.31. The van der Waals surface area contributed by atoms with Gasteiger partial charge < -0.3 is 5.32 Å². The molecule has 0 unspecified atom stereocenters. The van der Waals surface area contributed by atoms with Crippen molar-refractivity contribution in [2.24, 2.45) is 0 Å². The highest BCUT2D eigenvalue weighted by molar-refractivity contribution is 9.10. The zero-order valence-electron chi connectivity index (χ0n) is 11.2. The first kappa shape index (κ1) is 14.9. The van der Waals surface area contributed by atoms with Crippen LogP contribution in [0.3, 0.4) is 0 Å². The molecule has 3 rings (SSSR count). The van der Waals surface area contributed by atoms with Crippen molar-refractivity contribution in [2.45, 2.75) is 0 Å². The van der Waals surface area contributed by atoms with Crippen molar-refractivity contribution < 1.29 is 9.18 Å². The van der Waals surface area contributed by atoms with E-state index in [1.165, 1.54) is 12.1 Å². The van der Waals surface area contributed by atoms with Gasteiger partial charge in [-0.2, -0.15) is 0 Å². The first-order valence-corrected chi connectivity index (χ1v) is 7.63. The summed E-state index contributed by atoms with van der Waals surface area (Å²) >= 11 is 8.53. The van der Waals surface area contributed by atoms with Gasteiger partial charge in [-0.25, -0.2) is 9.29 Å². The van der Waals surface area contributed by atoms with E-state index in [0.717, 1.165) is 14.9 Å². The summed E-state index contributed by atoms with van der Waals surface area (Å²) in [4.78, 5) is 13.6. The summed E-state index contributed by atoms with van der Waals surface area (Å²) in [5.74, 6) is -0.876. The molecule has 1 N–H and O–H groups in total. The summed E-state index contributed by atoms with van der Waals surface area (Å²) in [6.07, 6.45) is 1.68. The minimum atomic E-state index is -0.497. The van der Waals surface area contributed by atoms with Gasteiger partial charge in [0.15, 0.2) is 5.11 Å². The fourth-order valence-corrected chi connectivity index (χ4v) is 2.86. The van der Waals surface area contributed by atoms with Gasteiger partial charge in [0.1, 0.15) is 11.5 Å². The van der Waals surface area contributed by atoms with Crippen LogP contribution in [0, 0.1) is 5.82 Å². The highest BCUT2D eigenvalue weighted by atomic mass is 79.9. The molecule has 0 spiro atoms. The Morgan fingerprint density at radius 1 is 1.18 bits per heavy atom. The van der Waals surface area contributed by atoms with Crippen LogP contribution in [0.2, 0.25) is 0 Å². The summed E-state index contributed by atoms with van der Waals surface area (Å²) in [6.45, 7) is 0. The van der Waals surface area contributed by atoms with Crippen LogP contribution in [0.5, 0.6) is 0 Å². The van der Waals surface area contributed by atoms with E-state index in [9.17, 15) is 9.18 Å². The molecule has 110 valence electrons. The van der Waals surface area contributed by atoms with E-state index in [0.29, 0.717) is 5.70 Å². The Kier molecular flexibility index (Phi) is 4.04. The number of anilines is 1. The predicted molar refractivity (Wildman–Crippen MR) is 91.7 cm³/mol. The molecule has 0 bridgehead atoms. The van der Waals surface area contributed by atoms with Crippen molar-refractivity contribution in [3.8, 4) is 0 Å². The van der Waals surface area contributed by atoms with Crippen LogP contribution in [-0.2, 0) is 4.79 Å². The third kappa shape index (κ3) is 2.80. The van der Waals surface area contributed by atoms with Gasteiger partial charge in [-0.1, -0.05) is 40.2 Å². The minimum Gasteiger partial charge on any atom is -0.327 e. The van der Waals surface area contributed by atoms with Crippen LogP contribution < -0.4 is 10.2 Å². The lowest BCUT2D eigenvalue weighted by molar-refractivity contribution is -0.113. The summed E-state index contributed by atoms with van der Waals surface area (Å²) in [6, 6.07) is 13.5. The SMILES string of the molecule is O=C1/C(=C\c2cccc(Br)c2)NC(=S)N1c1ccccc1F. The Labute approximate surface area is 140 Å². The van der Waals surface area contributed by atoms with Crippen LogP contribution in [0.15, 0.2) is 58.7 Å². The number of rotatable bonds is 2. The molecule has 2 aromatic carbocycles. The Morgan fingerprint density at radius 3 is 2.68 bits per heavy atom. The van der Waals surface area contributed by atoms with Crippen LogP contribution >= 0.6 is 28.1 Å². The van der Waals surface area contributed by atoms with E-state index in [4.69, 9.17) is 12.2 Å². The number of hydrogen-bond donors (Lipinski definition) is 1. The van der Waals surface area contributed by atoms with Crippen LogP contribution in [0.1, 0.15) is 5.56 Å². The van der Waals surface area contributed by atoms with Crippen molar-refractivity contribution in [1.82, 2.24) is 5.32 Å². The van der Waals surface area contributed by atoms with Gasteiger partial charge in [0, 0.05) is 4.47 Å². The second-order valence-electron chi connectivity index (χ2n) is 4.64. The molecule has 0 radical (unpaired) electrons. The first-order valence-electron chi connectivity index (χ1n) is 6.43. The maximum Gasteiger partial charge on any atom is 0.281 e. The number of para-hydroxylation sites is 1. The molecule has 1 aliphatic heterocycles. The number of amides is 1. The molecule has 1 aliphatic rings. The van der Waals surface area contributed by atoms with E-state index in [1.54, 1.807) is 18.2 Å². The van der Waals surface area contributed by atoms with Gasteiger partial charge in [0.05, 0.1) is 5.69 Å². The summed E-state index contributed by atoms with van der Waals surface area (Å²) in [7, 11) is 0. The summed E-state index contributed by atoms with van der Waals surface area (Å²) < 4.78 is 14.8. The minimum absolute atomic E-state index is 0.141. The van der Waals surface area contributed by atoms with Gasteiger partial charge in [0.2, 0.25) is 0 Å². The lowest BCUT2D eigenvalue weighted by Gasteiger charge is -2.14. The zero-order chi connectivity index (χ0) is 15.7. The molecule has 6 heteroatoms. The lowest BCUT2D eigenvalue weighted by atomic mass is 10.2. The third-order valence-corrected chi connectivity index (χ3v) is 3.91. The highest BCUT2D eigenvalue weighted by Crippen LogP contribution is 2.25. The Balaban J connectivity index is 1.97. The standard InChI is InChI=1S/C16H10BrFN2OS/c17-11-5-3-4-10(8-11)9-13-15(21)20(16(22)19-13)14-7-2-1-6-12(14)18/h1-9H,(H,19,22)/b13-9+. The van der Waals surface area contributed by atoms with E-state index in [2.05, 4.69) is 21.2 Å². The van der Waals surface area contributed by atoms with E-state index >= 15 is 0 Å². The monoisotopic (exact) mass is 376 g/mol. The Hall–Kier alpha value is -2.05. The maximum absolute atomic E-state index is 13.9. The molecule has 1 amide bonds. The second-order valence-corrected chi connectivity index (χ2v) is 5.94. The fraction of sp³-hybridized carbons (Fsp3) is 0. The van der Waals surface area contributed by atoms with E-state index in [1.807, 2.05) is 24.3 Å². The molecule has 0 atom stereocenters. The number of carbonyl (C=O) groups excluding carboxylic acids is 1. The number of carbonyl (C=O) groups is 1. The molecule has 1 fully saturated rings. The van der Waals surface area contributed by atoms with Crippen LogP contribution in [-0.4, -0.2) is 11.0 Å². The molecule has 0 saturated carbocycles. The van der Waals surface area contributed by atoms with Gasteiger partial charge >= 0.3 is 0 Å². The van der Waals surface area contributed by atoms with Crippen LogP contribution in [0.25, 0.3) is 6.08 Å². The van der Waals surface area contributed by atoms with Crippen molar-refractivity contribution >= 4 is 50.9 Å². The summed E-state index contributed by atoms with van der Waals surface area (Å²) in [5.41, 5.74) is 1.29. The maximum atomic E-state index is 13.9. The predicted octanol–water partition coefficient (Wildman–Crippen LogP) is 3.85.